The summed E-state index contributed by atoms with van der Waals surface area (Å²) >= 11 is 1.26. The van der Waals surface area contributed by atoms with Crippen molar-refractivity contribution in [2.45, 2.75) is 18.6 Å². The SMILES string of the molecule is CC(CCNc1scnc1C(=O)O)S(C)=O. The normalized spacial score (nSPS) is 14.4. The highest BCUT2D eigenvalue weighted by molar-refractivity contribution is 7.84. The lowest BCUT2D eigenvalue weighted by molar-refractivity contribution is 0.0692. The molecule has 0 aromatic carbocycles. The number of carbonyl (C=O) groups is 1. The third kappa shape index (κ3) is 3.57. The van der Waals surface area contributed by atoms with Crippen LogP contribution in [-0.4, -0.2) is 38.3 Å². The molecule has 1 rings (SSSR count). The van der Waals surface area contributed by atoms with Crippen LogP contribution in [-0.2, 0) is 10.8 Å². The van der Waals surface area contributed by atoms with Gasteiger partial charge in [-0.15, -0.1) is 11.3 Å². The van der Waals surface area contributed by atoms with Crippen LogP contribution >= 0.6 is 11.3 Å². The molecule has 2 atom stereocenters. The molecule has 16 heavy (non-hydrogen) atoms. The van der Waals surface area contributed by atoms with Crippen molar-refractivity contribution in [1.29, 1.82) is 0 Å². The standard InChI is InChI=1S/C9H14N2O3S2/c1-6(16(2)14)3-4-10-8-7(9(12)13)11-5-15-8/h5-6,10H,3-4H2,1-2H3,(H,12,13). The fourth-order valence-corrected chi connectivity index (χ4v) is 2.23. The van der Waals surface area contributed by atoms with E-state index in [1.807, 2.05) is 6.92 Å². The predicted molar refractivity (Wildman–Crippen MR) is 65.7 cm³/mol. The topological polar surface area (TPSA) is 79.3 Å². The molecule has 0 radical (unpaired) electrons. The minimum Gasteiger partial charge on any atom is -0.476 e. The predicted octanol–water partition coefficient (Wildman–Crippen LogP) is 1.41. The Hall–Kier alpha value is -0.950. The van der Waals surface area contributed by atoms with Gasteiger partial charge >= 0.3 is 5.97 Å². The Morgan fingerprint density at radius 2 is 2.44 bits per heavy atom. The summed E-state index contributed by atoms with van der Waals surface area (Å²) in [6, 6.07) is 0. The van der Waals surface area contributed by atoms with E-state index >= 15 is 0 Å². The third-order valence-electron chi connectivity index (χ3n) is 2.17. The van der Waals surface area contributed by atoms with Gasteiger partial charge in [0.1, 0.15) is 5.00 Å². The average Bonchev–Trinajstić information content (AvgIpc) is 2.65. The van der Waals surface area contributed by atoms with Crippen LogP contribution in [0.1, 0.15) is 23.8 Å². The van der Waals surface area contributed by atoms with Gasteiger partial charge in [0.15, 0.2) is 5.69 Å². The van der Waals surface area contributed by atoms with Crippen molar-refractivity contribution in [3.63, 3.8) is 0 Å². The van der Waals surface area contributed by atoms with Crippen LogP contribution < -0.4 is 5.32 Å². The summed E-state index contributed by atoms with van der Waals surface area (Å²) in [4.78, 5) is 14.5. The van der Waals surface area contributed by atoms with Crippen molar-refractivity contribution >= 4 is 33.1 Å². The number of hydrogen-bond acceptors (Lipinski definition) is 5. The molecule has 0 aliphatic rings. The molecule has 0 bridgehead atoms. The molecular weight excluding hydrogens is 248 g/mol. The minimum absolute atomic E-state index is 0.0512. The second kappa shape index (κ2) is 5.95. The number of thiazole rings is 1. The van der Waals surface area contributed by atoms with Crippen molar-refractivity contribution in [3.8, 4) is 0 Å². The average molecular weight is 262 g/mol. The van der Waals surface area contributed by atoms with E-state index in [1.54, 1.807) is 6.26 Å². The molecule has 0 saturated carbocycles. The largest absolute Gasteiger partial charge is 0.476 e. The smallest absolute Gasteiger partial charge is 0.357 e. The zero-order chi connectivity index (χ0) is 12.1. The molecule has 1 heterocycles. The van der Waals surface area contributed by atoms with Gasteiger partial charge in [-0.3, -0.25) is 4.21 Å². The maximum atomic E-state index is 11.1. The van der Waals surface area contributed by atoms with Gasteiger partial charge in [-0.2, -0.15) is 0 Å². The number of aromatic carboxylic acids is 1. The lowest BCUT2D eigenvalue weighted by Crippen LogP contribution is -2.15. The first-order valence-corrected chi connectivity index (χ1v) is 7.25. The highest BCUT2D eigenvalue weighted by Crippen LogP contribution is 2.20. The Kier molecular flexibility index (Phi) is 4.88. The van der Waals surface area contributed by atoms with Crippen LogP contribution in [0.15, 0.2) is 5.51 Å². The number of nitrogens with zero attached hydrogens (tertiary/aromatic N) is 1. The molecular formula is C9H14N2O3S2. The van der Waals surface area contributed by atoms with E-state index in [4.69, 9.17) is 5.11 Å². The number of hydrogen-bond donors (Lipinski definition) is 2. The van der Waals surface area contributed by atoms with Gasteiger partial charge in [0, 0.05) is 28.9 Å². The highest BCUT2D eigenvalue weighted by Gasteiger charge is 2.13. The number of carboxylic acid groups (broad SMARTS) is 1. The third-order valence-corrected chi connectivity index (χ3v) is 4.33. The van der Waals surface area contributed by atoms with E-state index in [0.717, 1.165) is 6.42 Å². The molecule has 7 heteroatoms. The van der Waals surface area contributed by atoms with Gasteiger partial charge in [-0.05, 0) is 6.42 Å². The number of aromatic nitrogens is 1. The molecule has 1 aromatic rings. The summed E-state index contributed by atoms with van der Waals surface area (Å²) in [5.41, 5.74) is 1.54. The van der Waals surface area contributed by atoms with Crippen molar-refractivity contribution in [2.75, 3.05) is 18.1 Å². The number of anilines is 1. The van der Waals surface area contributed by atoms with E-state index in [0.29, 0.717) is 11.5 Å². The molecule has 2 N–H and O–H groups in total. The van der Waals surface area contributed by atoms with Gasteiger partial charge in [0.05, 0.1) is 5.51 Å². The maximum absolute atomic E-state index is 11.1. The maximum Gasteiger partial charge on any atom is 0.357 e. The molecule has 0 amide bonds. The Morgan fingerprint density at radius 1 is 1.75 bits per heavy atom. The summed E-state index contributed by atoms with van der Waals surface area (Å²) in [5, 5.41) is 12.5. The molecule has 2 unspecified atom stereocenters. The first kappa shape index (κ1) is 13.1. The Balaban J connectivity index is 2.46. The van der Waals surface area contributed by atoms with E-state index in [9.17, 15) is 9.00 Å². The van der Waals surface area contributed by atoms with E-state index in [-0.39, 0.29) is 10.9 Å². The second-order valence-electron chi connectivity index (χ2n) is 3.36. The lowest BCUT2D eigenvalue weighted by Gasteiger charge is -2.08. The molecule has 0 fully saturated rings. The van der Waals surface area contributed by atoms with Crippen LogP contribution in [0.3, 0.4) is 0 Å². The molecule has 0 saturated heterocycles. The molecule has 0 spiro atoms. The summed E-state index contributed by atoms with van der Waals surface area (Å²) in [5.74, 6) is -1.03. The Labute approximate surface area is 100 Å². The van der Waals surface area contributed by atoms with Gasteiger partial charge in [-0.25, -0.2) is 9.78 Å². The zero-order valence-corrected chi connectivity index (χ0v) is 10.7. The minimum atomic E-state index is -1.03. The van der Waals surface area contributed by atoms with E-state index in [1.165, 1.54) is 16.8 Å². The fourth-order valence-electron chi connectivity index (χ4n) is 1.08. The van der Waals surface area contributed by atoms with Crippen LogP contribution in [0.4, 0.5) is 5.00 Å². The van der Waals surface area contributed by atoms with Gasteiger partial charge < -0.3 is 10.4 Å². The van der Waals surface area contributed by atoms with Crippen molar-refractivity contribution < 1.29 is 14.1 Å². The number of carboxylic acids is 1. The van der Waals surface area contributed by atoms with Crippen molar-refractivity contribution in [1.82, 2.24) is 4.98 Å². The summed E-state index contributed by atoms with van der Waals surface area (Å²) in [7, 11) is -0.841. The van der Waals surface area contributed by atoms with E-state index in [2.05, 4.69) is 10.3 Å². The highest BCUT2D eigenvalue weighted by atomic mass is 32.2. The summed E-state index contributed by atoms with van der Waals surface area (Å²) in [6.45, 7) is 2.51. The summed E-state index contributed by atoms with van der Waals surface area (Å²) < 4.78 is 11.1. The molecule has 90 valence electrons. The zero-order valence-electron chi connectivity index (χ0n) is 9.10. The molecule has 0 aliphatic carbocycles. The number of rotatable bonds is 6. The Bertz CT molecular complexity index is 392. The monoisotopic (exact) mass is 262 g/mol. The molecule has 1 aromatic heterocycles. The molecule has 0 aliphatic heterocycles. The van der Waals surface area contributed by atoms with E-state index < -0.39 is 16.8 Å². The number of nitrogens with one attached hydrogen (secondary N) is 1. The second-order valence-corrected chi connectivity index (χ2v) is 6.02. The van der Waals surface area contributed by atoms with Gasteiger partial charge in [0.2, 0.25) is 0 Å². The lowest BCUT2D eigenvalue weighted by atomic mass is 10.3. The summed E-state index contributed by atoms with van der Waals surface area (Å²) in [6.07, 6.45) is 2.40. The fraction of sp³-hybridized carbons (Fsp3) is 0.556. The van der Waals surface area contributed by atoms with Crippen molar-refractivity contribution in [3.05, 3.63) is 11.2 Å². The van der Waals surface area contributed by atoms with Crippen LogP contribution in [0.2, 0.25) is 0 Å². The van der Waals surface area contributed by atoms with Gasteiger partial charge in [0.25, 0.3) is 0 Å². The van der Waals surface area contributed by atoms with Crippen LogP contribution in [0.5, 0.6) is 0 Å². The Morgan fingerprint density at radius 3 is 3.00 bits per heavy atom. The van der Waals surface area contributed by atoms with Crippen LogP contribution in [0, 0.1) is 0 Å². The quantitative estimate of drug-likeness (QED) is 0.810. The van der Waals surface area contributed by atoms with Gasteiger partial charge in [-0.1, -0.05) is 6.92 Å². The van der Waals surface area contributed by atoms with Crippen molar-refractivity contribution in [2.24, 2.45) is 0 Å². The van der Waals surface area contributed by atoms with Crippen LogP contribution in [0.25, 0.3) is 0 Å². The first-order valence-electron chi connectivity index (χ1n) is 4.75. The molecule has 5 nitrogen and oxygen atoms in total. The first-order chi connectivity index (χ1) is 7.52.